The third-order valence-electron chi connectivity index (χ3n) is 4.19. The van der Waals surface area contributed by atoms with E-state index < -0.39 is 10.8 Å². The number of nitrogens with one attached hydrogen (secondary N) is 2. The van der Waals surface area contributed by atoms with Gasteiger partial charge in [0.1, 0.15) is 24.7 Å². The molecule has 1 unspecified atom stereocenters. The van der Waals surface area contributed by atoms with Crippen LogP contribution in [0.5, 0.6) is 11.5 Å². The van der Waals surface area contributed by atoms with Gasteiger partial charge >= 0.3 is 0 Å². The van der Waals surface area contributed by atoms with Gasteiger partial charge in [-0.15, -0.1) is 0 Å². The average molecular weight is 375 g/mol. The number of rotatable bonds is 10. The molecule has 3 rings (SSSR count). The Morgan fingerprint density at radius 2 is 1.42 bits per heavy atom. The zero-order valence-electron chi connectivity index (χ0n) is 15.3. The van der Waals surface area contributed by atoms with E-state index in [4.69, 9.17) is 9.47 Å². The molecule has 0 radical (unpaired) electrons. The minimum atomic E-state index is -1.17. The predicted molar refractivity (Wildman–Crippen MR) is 108 cm³/mol. The highest BCUT2D eigenvalue weighted by Crippen LogP contribution is 2.43. The van der Waals surface area contributed by atoms with Gasteiger partial charge in [-0.1, -0.05) is 13.8 Å². The zero-order valence-corrected chi connectivity index (χ0v) is 16.2. The molecule has 26 heavy (non-hydrogen) atoms. The lowest BCUT2D eigenvalue weighted by atomic mass is 10.1. The monoisotopic (exact) mass is 374 g/mol. The fourth-order valence-corrected chi connectivity index (χ4v) is 4.29. The number of hydrogen-bond donors (Lipinski definition) is 2. The number of thiophene rings is 1. The van der Waals surface area contributed by atoms with Gasteiger partial charge in [0.25, 0.3) is 0 Å². The van der Waals surface area contributed by atoms with Gasteiger partial charge in [-0.3, -0.25) is 0 Å². The quantitative estimate of drug-likeness (QED) is 0.418. The normalized spacial score (nSPS) is 12.0. The summed E-state index contributed by atoms with van der Waals surface area (Å²) in [5, 5.41) is 8.43. The van der Waals surface area contributed by atoms with Gasteiger partial charge in [0.15, 0.2) is 9.40 Å². The Labute approximate surface area is 157 Å². The molecule has 0 fully saturated rings. The second-order valence-corrected chi connectivity index (χ2v) is 7.41. The highest BCUT2D eigenvalue weighted by atomic mass is 32.2. The number of ether oxygens (including phenoxy) is 2. The highest BCUT2D eigenvalue weighted by Gasteiger charge is 2.17. The summed E-state index contributed by atoms with van der Waals surface area (Å²) in [6, 6.07) is 11.6. The van der Waals surface area contributed by atoms with Crippen LogP contribution in [0.15, 0.2) is 36.4 Å². The van der Waals surface area contributed by atoms with E-state index >= 15 is 0 Å². The molecule has 6 heteroatoms. The molecule has 1 heterocycles. The Hall–Kier alpha value is -1.86. The van der Waals surface area contributed by atoms with Crippen molar-refractivity contribution in [2.75, 3.05) is 39.4 Å². The molecule has 1 atom stereocenters. The molecule has 0 aliphatic heterocycles. The first kappa shape index (κ1) is 18.9. The molecule has 0 aliphatic carbocycles. The lowest BCUT2D eigenvalue weighted by Crippen LogP contribution is -2.20. The van der Waals surface area contributed by atoms with Gasteiger partial charge in [-0.25, -0.2) is 0 Å². The van der Waals surface area contributed by atoms with Crippen molar-refractivity contribution >= 4 is 30.9 Å². The second-order valence-electron chi connectivity index (χ2n) is 5.99. The van der Waals surface area contributed by atoms with Crippen molar-refractivity contribution in [3.05, 3.63) is 36.4 Å². The predicted octanol–water partition coefficient (Wildman–Crippen LogP) is 3.70. The number of likely N-dealkylation sites (N-methyl/N-ethyl adjacent to an activating group) is 2. The van der Waals surface area contributed by atoms with Crippen LogP contribution in [0.25, 0.3) is 20.2 Å². The number of fused-ring (bicyclic) bond motifs is 3. The van der Waals surface area contributed by atoms with Crippen molar-refractivity contribution in [3.8, 4) is 11.5 Å². The summed E-state index contributed by atoms with van der Waals surface area (Å²) in [6.45, 7) is 8.80. The van der Waals surface area contributed by atoms with Crippen LogP contribution in [0.4, 0.5) is 0 Å². The maximum Gasteiger partial charge on any atom is 0.184 e. The molecule has 0 aliphatic rings. The summed E-state index contributed by atoms with van der Waals surface area (Å²) in [4.78, 5) is 0. The smallest absolute Gasteiger partial charge is 0.184 e. The van der Waals surface area contributed by atoms with Gasteiger partial charge < -0.3 is 24.7 Å². The summed E-state index contributed by atoms with van der Waals surface area (Å²) in [5.74, 6) is 1.56. The van der Waals surface area contributed by atoms with Crippen molar-refractivity contribution in [2.45, 2.75) is 13.8 Å². The van der Waals surface area contributed by atoms with Crippen molar-refractivity contribution in [1.29, 1.82) is 0 Å². The van der Waals surface area contributed by atoms with Crippen LogP contribution in [0.3, 0.4) is 0 Å². The Kier molecular flexibility index (Phi) is 6.68. The van der Waals surface area contributed by atoms with Crippen molar-refractivity contribution in [3.63, 3.8) is 0 Å². The Bertz CT molecular complexity index is 863. The van der Waals surface area contributed by atoms with Crippen LogP contribution in [0.2, 0.25) is 0 Å². The largest absolute Gasteiger partial charge is 0.590 e. The lowest BCUT2D eigenvalue weighted by Gasteiger charge is -2.06. The second kappa shape index (κ2) is 9.19. The van der Waals surface area contributed by atoms with Gasteiger partial charge in [0.05, 0.1) is 5.39 Å². The molecular weight excluding hydrogens is 348 g/mol. The van der Waals surface area contributed by atoms with E-state index in [9.17, 15) is 4.55 Å². The zero-order chi connectivity index (χ0) is 18.4. The van der Waals surface area contributed by atoms with Crippen LogP contribution in [-0.4, -0.2) is 43.9 Å². The summed E-state index contributed by atoms with van der Waals surface area (Å²) < 4.78 is 26.0. The molecule has 0 amide bonds. The number of benzene rings is 2. The van der Waals surface area contributed by atoms with Gasteiger partial charge in [-0.2, -0.15) is 0 Å². The lowest BCUT2D eigenvalue weighted by molar-refractivity contribution is 0.316. The van der Waals surface area contributed by atoms with Crippen LogP contribution >= 0.6 is 10.8 Å². The van der Waals surface area contributed by atoms with E-state index in [1.54, 1.807) is 0 Å². The Morgan fingerprint density at radius 1 is 0.808 bits per heavy atom. The maximum absolute atomic E-state index is 12.8. The molecule has 0 bridgehead atoms. The first-order valence-corrected chi connectivity index (χ1v) is 10.3. The minimum absolute atomic E-state index is 0.593. The highest BCUT2D eigenvalue weighted by molar-refractivity contribution is 7.37. The summed E-state index contributed by atoms with van der Waals surface area (Å²) in [6.07, 6.45) is 0. The number of hydrogen-bond acceptors (Lipinski definition) is 5. The molecule has 140 valence electrons. The Morgan fingerprint density at radius 3 is 2.08 bits per heavy atom. The SMILES string of the molecule is CCNCCOc1ccc2c(c1)c1ccc(OCCNCC)cc1[s+]2[O-]. The Balaban J connectivity index is 1.82. The summed E-state index contributed by atoms with van der Waals surface area (Å²) in [7, 11) is -1.17. The van der Waals surface area contributed by atoms with E-state index in [1.165, 1.54) is 0 Å². The van der Waals surface area contributed by atoms with Gasteiger partial charge in [0.2, 0.25) is 0 Å². The topological polar surface area (TPSA) is 65.6 Å². The van der Waals surface area contributed by atoms with E-state index in [-0.39, 0.29) is 0 Å². The third kappa shape index (κ3) is 4.27. The standard InChI is InChI=1S/C20H26N2O3S/c1-3-21-9-11-24-15-6-8-19-18(13-15)17-7-5-16(14-20(17)26(19)23)25-12-10-22-4-2/h5-8,13-14,21-22H,3-4,9-12H2,1-2H3. The fraction of sp³-hybridized carbons (Fsp3) is 0.400. The van der Waals surface area contributed by atoms with Gasteiger partial charge in [-0.05, 0) is 48.1 Å². The molecule has 0 spiro atoms. The first-order chi connectivity index (χ1) is 12.7. The van der Waals surface area contributed by atoms with Crippen molar-refractivity contribution in [1.82, 2.24) is 10.6 Å². The van der Waals surface area contributed by atoms with E-state index in [0.717, 1.165) is 57.9 Å². The molecule has 2 N–H and O–H groups in total. The first-order valence-electron chi connectivity index (χ1n) is 9.12. The molecule has 3 aromatic rings. The van der Waals surface area contributed by atoms with E-state index in [1.807, 2.05) is 36.4 Å². The van der Waals surface area contributed by atoms with Crippen LogP contribution in [0.1, 0.15) is 13.8 Å². The maximum atomic E-state index is 12.8. The summed E-state index contributed by atoms with van der Waals surface area (Å²) in [5.41, 5.74) is 0. The van der Waals surface area contributed by atoms with Crippen LogP contribution < -0.4 is 20.1 Å². The molecule has 0 saturated carbocycles. The van der Waals surface area contributed by atoms with Gasteiger partial charge in [0, 0.05) is 30.6 Å². The van der Waals surface area contributed by atoms with E-state index in [2.05, 4.69) is 24.5 Å². The van der Waals surface area contributed by atoms with E-state index in [0.29, 0.717) is 13.2 Å². The summed E-state index contributed by atoms with van der Waals surface area (Å²) >= 11 is 0. The fourth-order valence-electron chi connectivity index (χ4n) is 2.89. The molecule has 5 nitrogen and oxygen atoms in total. The van der Waals surface area contributed by atoms with Crippen molar-refractivity contribution in [2.24, 2.45) is 0 Å². The van der Waals surface area contributed by atoms with Crippen LogP contribution in [-0.2, 0) is 0 Å². The average Bonchev–Trinajstić information content (AvgIpc) is 2.94. The third-order valence-corrected chi connectivity index (χ3v) is 5.68. The molecule has 1 aromatic heterocycles. The van der Waals surface area contributed by atoms with Crippen molar-refractivity contribution < 1.29 is 14.0 Å². The molecular formula is C20H26N2O3S. The molecule has 0 saturated heterocycles. The minimum Gasteiger partial charge on any atom is -0.590 e. The molecule has 2 aromatic carbocycles. The van der Waals surface area contributed by atoms with Crippen LogP contribution in [0, 0.1) is 0 Å².